The monoisotopic (exact) mass is 219 g/mol. The summed E-state index contributed by atoms with van der Waals surface area (Å²) in [5.41, 5.74) is 5.38. The highest BCUT2D eigenvalue weighted by Crippen LogP contribution is 2.17. The van der Waals surface area contributed by atoms with Crippen LogP contribution in [0.25, 0.3) is 0 Å². The summed E-state index contributed by atoms with van der Waals surface area (Å²) in [7, 11) is 0. The molecule has 0 atom stereocenters. The molecule has 0 saturated heterocycles. The smallest absolute Gasteiger partial charge is 0.194 e. The predicted molar refractivity (Wildman–Crippen MR) is 49.8 cm³/mol. The summed E-state index contributed by atoms with van der Waals surface area (Å²) in [6, 6.07) is 1.56. The van der Waals surface area contributed by atoms with Gasteiger partial charge in [0.2, 0.25) is 0 Å². The quantitative estimate of drug-likeness (QED) is 0.658. The maximum atomic E-state index is 12.1. The van der Waals surface area contributed by atoms with Crippen molar-refractivity contribution in [2.24, 2.45) is 5.73 Å². The first-order chi connectivity index (χ1) is 7.00. The summed E-state index contributed by atoms with van der Waals surface area (Å²) in [6.45, 7) is 0. The van der Waals surface area contributed by atoms with Crippen molar-refractivity contribution in [3.05, 3.63) is 29.6 Å². The summed E-state index contributed by atoms with van der Waals surface area (Å²) in [4.78, 5) is 0. The van der Waals surface area contributed by atoms with E-state index in [0.717, 1.165) is 0 Å². The van der Waals surface area contributed by atoms with E-state index in [-0.39, 0.29) is 0 Å². The second-order valence-corrected chi connectivity index (χ2v) is 3.41. The summed E-state index contributed by atoms with van der Waals surface area (Å²) < 4.78 is 36.2. The molecule has 0 heterocycles. The first-order valence-electron chi connectivity index (χ1n) is 4.60. The van der Waals surface area contributed by atoms with Crippen molar-refractivity contribution in [1.82, 2.24) is 0 Å². The number of nitrogens with two attached hydrogens (primary N) is 1. The van der Waals surface area contributed by atoms with Crippen LogP contribution in [0.4, 0.5) is 13.2 Å². The number of phenols is 1. The fourth-order valence-corrected chi connectivity index (χ4v) is 0.982. The number of hydrogen-bond donors (Lipinski definition) is 2. The third kappa shape index (κ3) is 3.43. The largest absolute Gasteiger partial charge is 0.508 e. The average Bonchev–Trinajstić information content (AvgIpc) is 2.12. The van der Waals surface area contributed by atoms with Gasteiger partial charge < -0.3 is 10.8 Å². The van der Waals surface area contributed by atoms with Gasteiger partial charge in [0.05, 0.1) is 0 Å². The Bertz CT molecular complexity index is 316. The molecule has 1 fully saturated rings. The van der Waals surface area contributed by atoms with Crippen LogP contribution in [0.5, 0.6) is 5.75 Å². The van der Waals surface area contributed by atoms with Gasteiger partial charge in [-0.15, -0.1) is 0 Å². The van der Waals surface area contributed by atoms with Crippen molar-refractivity contribution in [3.8, 4) is 5.75 Å². The highest BCUT2D eigenvalue weighted by Gasteiger charge is 2.10. The molecular weight excluding hydrogens is 207 g/mol. The van der Waals surface area contributed by atoms with E-state index in [1.807, 2.05) is 0 Å². The Kier molecular flexibility index (Phi) is 3.96. The average molecular weight is 219 g/mol. The lowest BCUT2D eigenvalue weighted by Crippen LogP contribution is -2.27. The van der Waals surface area contributed by atoms with E-state index < -0.39 is 23.2 Å². The zero-order valence-electron chi connectivity index (χ0n) is 8.01. The van der Waals surface area contributed by atoms with Crippen molar-refractivity contribution < 1.29 is 18.3 Å². The van der Waals surface area contributed by atoms with Gasteiger partial charge in [0.15, 0.2) is 17.5 Å². The molecule has 1 aromatic carbocycles. The van der Waals surface area contributed by atoms with Gasteiger partial charge in [0.1, 0.15) is 5.75 Å². The maximum Gasteiger partial charge on any atom is 0.194 e. The van der Waals surface area contributed by atoms with E-state index >= 15 is 0 Å². The molecule has 1 aliphatic carbocycles. The molecule has 1 aromatic rings. The van der Waals surface area contributed by atoms with Gasteiger partial charge in [-0.25, -0.2) is 13.2 Å². The van der Waals surface area contributed by atoms with Crippen LogP contribution in [0.3, 0.4) is 0 Å². The zero-order chi connectivity index (χ0) is 11.4. The second-order valence-electron chi connectivity index (χ2n) is 3.41. The van der Waals surface area contributed by atoms with Crippen molar-refractivity contribution in [3.63, 3.8) is 0 Å². The molecule has 1 saturated carbocycles. The molecule has 2 rings (SSSR count). The van der Waals surface area contributed by atoms with Gasteiger partial charge >= 0.3 is 0 Å². The van der Waals surface area contributed by atoms with E-state index in [1.165, 1.54) is 19.3 Å². The molecule has 0 bridgehead atoms. The maximum absolute atomic E-state index is 12.1. The Hall–Kier alpha value is -1.23. The van der Waals surface area contributed by atoms with E-state index in [4.69, 9.17) is 10.8 Å². The molecule has 0 aromatic heterocycles. The van der Waals surface area contributed by atoms with Gasteiger partial charge in [0, 0.05) is 18.2 Å². The third-order valence-electron chi connectivity index (χ3n) is 2.12. The van der Waals surface area contributed by atoms with Crippen LogP contribution in [0, 0.1) is 17.5 Å². The van der Waals surface area contributed by atoms with Gasteiger partial charge in [-0.1, -0.05) is 6.42 Å². The number of phenolic OH excluding ortho intramolecular Hbond substituents is 1. The Labute approximate surface area is 85.5 Å². The molecule has 5 heteroatoms. The van der Waals surface area contributed by atoms with Crippen molar-refractivity contribution >= 4 is 0 Å². The molecule has 84 valence electrons. The molecule has 2 nitrogen and oxygen atoms in total. The standard InChI is InChI=1S/C6H3F3O.C4H9N/c7-4-1-3(10)2-5(8)6(4)9;5-4-2-1-3-4/h1-2,10H;4H,1-3,5H2. The minimum absolute atomic E-state index is 0.498. The van der Waals surface area contributed by atoms with Gasteiger partial charge in [-0.2, -0.15) is 0 Å². The fraction of sp³-hybridized carbons (Fsp3) is 0.400. The number of halogens is 3. The van der Waals surface area contributed by atoms with Gasteiger partial charge in [0.25, 0.3) is 0 Å². The third-order valence-corrected chi connectivity index (χ3v) is 2.12. The molecule has 0 aliphatic heterocycles. The highest BCUT2D eigenvalue weighted by molar-refractivity contribution is 5.23. The van der Waals surface area contributed by atoms with Gasteiger partial charge in [-0.3, -0.25) is 0 Å². The van der Waals surface area contributed by atoms with E-state index in [9.17, 15) is 13.2 Å². The van der Waals surface area contributed by atoms with Crippen LogP contribution in [0.15, 0.2) is 12.1 Å². The fourth-order valence-electron chi connectivity index (χ4n) is 0.982. The van der Waals surface area contributed by atoms with Crippen LogP contribution >= 0.6 is 0 Å². The zero-order valence-corrected chi connectivity index (χ0v) is 8.01. The lowest BCUT2D eigenvalue weighted by Gasteiger charge is -2.18. The summed E-state index contributed by atoms with van der Waals surface area (Å²) >= 11 is 0. The lowest BCUT2D eigenvalue weighted by atomic mass is 9.95. The van der Waals surface area contributed by atoms with Crippen LogP contribution in [0.2, 0.25) is 0 Å². The van der Waals surface area contributed by atoms with Crippen molar-refractivity contribution in [1.29, 1.82) is 0 Å². The van der Waals surface area contributed by atoms with Crippen LogP contribution in [0.1, 0.15) is 19.3 Å². The topological polar surface area (TPSA) is 46.2 Å². The van der Waals surface area contributed by atoms with Crippen LogP contribution < -0.4 is 5.73 Å². The van der Waals surface area contributed by atoms with Gasteiger partial charge in [-0.05, 0) is 12.8 Å². The summed E-state index contributed by atoms with van der Waals surface area (Å²) in [6.07, 6.45) is 3.89. The molecule has 3 N–H and O–H groups in total. The van der Waals surface area contributed by atoms with E-state index in [0.29, 0.717) is 18.2 Å². The number of benzene rings is 1. The Morgan fingerprint density at radius 1 is 1.13 bits per heavy atom. The normalized spacial score (nSPS) is 15.2. The molecule has 15 heavy (non-hydrogen) atoms. The first kappa shape index (κ1) is 11.8. The predicted octanol–water partition coefficient (Wildman–Crippen LogP) is 2.31. The molecular formula is C10H12F3NO. The van der Waals surface area contributed by atoms with E-state index in [1.54, 1.807) is 0 Å². The molecule has 0 spiro atoms. The van der Waals surface area contributed by atoms with Crippen LogP contribution in [-0.4, -0.2) is 11.1 Å². The first-order valence-corrected chi connectivity index (χ1v) is 4.60. The van der Waals surface area contributed by atoms with Crippen molar-refractivity contribution in [2.45, 2.75) is 25.3 Å². The van der Waals surface area contributed by atoms with Crippen LogP contribution in [-0.2, 0) is 0 Å². The molecule has 1 aliphatic rings. The molecule has 0 amide bonds. The number of rotatable bonds is 0. The molecule has 0 unspecified atom stereocenters. The summed E-state index contributed by atoms with van der Waals surface area (Å²) in [5, 5.41) is 8.47. The van der Waals surface area contributed by atoms with Crippen molar-refractivity contribution in [2.75, 3.05) is 0 Å². The SMILES string of the molecule is NC1CCC1.Oc1cc(F)c(F)c(F)c1. The summed E-state index contributed by atoms with van der Waals surface area (Å²) in [5.74, 6) is -4.98. The minimum Gasteiger partial charge on any atom is -0.508 e. The highest BCUT2D eigenvalue weighted by atomic mass is 19.2. The second kappa shape index (κ2) is 5.02. The minimum atomic E-state index is -1.57. The number of hydrogen-bond acceptors (Lipinski definition) is 2. The lowest BCUT2D eigenvalue weighted by molar-refractivity contribution is 0.418. The molecule has 0 radical (unpaired) electrons. The van der Waals surface area contributed by atoms with E-state index in [2.05, 4.69) is 0 Å². The Morgan fingerprint density at radius 3 is 1.80 bits per heavy atom. The Morgan fingerprint density at radius 2 is 1.53 bits per heavy atom. The Balaban J connectivity index is 0.000000187. The number of aromatic hydroxyl groups is 1.